The average molecular weight is 288 g/mol. The molecule has 100 valence electrons. The van der Waals surface area contributed by atoms with Crippen molar-refractivity contribution in [2.75, 3.05) is 7.11 Å². The average Bonchev–Trinajstić information content (AvgIpc) is 2.25. The van der Waals surface area contributed by atoms with Gasteiger partial charge in [0.05, 0.1) is 18.6 Å². The lowest BCUT2D eigenvalue weighted by molar-refractivity contribution is -0.276. The molecule has 1 heterocycles. The van der Waals surface area contributed by atoms with Gasteiger partial charge >= 0.3 is 12.3 Å². The summed E-state index contributed by atoms with van der Waals surface area (Å²) >= 11 is 5.40. The summed E-state index contributed by atoms with van der Waals surface area (Å²) in [4.78, 5) is 14.2. The molecule has 0 aliphatic rings. The number of ether oxygens (including phenoxy) is 2. The number of alkyl halides is 4. The van der Waals surface area contributed by atoms with E-state index in [2.05, 4.69) is 14.5 Å². The predicted octanol–water partition coefficient (Wildman–Crippen LogP) is 2.64. The molecule has 4 nitrogen and oxygen atoms in total. The van der Waals surface area contributed by atoms with Crippen molar-refractivity contribution in [3.8, 4) is 5.88 Å². The zero-order chi connectivity index (χ0) is 13.9. The fraction of sp³-hybridized carbons (Fsp3) is 0.333. The van der Waals surface area contributed by atoms with Gasteiger partial charge in [0, 0.05) is 11.6 Å². The zero-order valence-corrected chi connectivity index (χ0v) is 9.60. The molecule has 0 radical (unpaired) electrons. The molecule has 1 aromatic heterocycles. The van der Waals surface area contributed by atoms with Crippen LogP contribution in [0.2, 0.25) is 0 Å². The van der Waals surface area contributed by atoms with Gasteiger partial charge in [-0.05, 0) is 0 Å². The monoisotopic (exact) mass is 287 g/mol. The first-order valence-electron chi connectivity index (χ1n) is 4.38. The maximum Gasteiger partial charge on any atom is 0.574 e. The summed E-state index contributed by atoms with van der Waals surface area (Å²) in [6.45, 7) is 0. The maximum absolute atomic E-state index is 13.0. The molecule has 0 bridgehead atoms. The number of carbonyl (C=O) groups is 1. The Morgan fingerprint density at radius 3 is 2.56 bits per heavy atom. The third-order valence-corrected chi connectivity index (χ3v) is 2.07. The molecule has 1 rings (SSSR count). The zero-order valence-electron chi connectivity index (χ0n) is 8.85. The molecule has 18 heavy (non-hydrogen) atoms. The van der Waals surface area contributed by atoms with Gasteiger partial charge < -0.3 is 9.47 Å². The maximum atomic E-state index is 13.0. The Kier molecular flexibility index (Phi) is 4.33. The van der Waals surface area contributed by atoms with Crippen LogP contribution in [0.3, 0.4) is 0 Å². The van der Waals surface area contributed by atoms with Gasteiger partial charge in [0.1, 0.15) is 0 Å². The highest BCUT2D eigenvalue weighted by molar-refractivity contribution is 6.17. The lowest BCUT2D eigenvalue weighted by Gasteiger charge is -2.13. The number of carbonyl (C=O) groups excluding carboxylic acids is 1. The normalized spacial score (nSPS) is 11.2. The fourth-order valence-corrected chi connectivity index (χ4v) is 1.39. The summed E-state index contributed by atoms with van der Waals surface area (Å²) in [6.07, 6.45) is -5.07. The van der Waals surface area contributed by atoms with Crippen molar-refractivity contribution in [2.24, 2.45) is 0 Å². The molecule has 1 aromatic rings. The quantitative estimate of drug-likeness (QED) is 0.371. The summed E-state index contributed by atoms with van der Waals surface area (Å²) in [5.41, 5.74) is -0.874. The molecule has 0 saturated carbocycles. The number of rotatable bonds is 3. The molecule has 0 atom stereocenters. The van der Waals surface area contributed by atoms with Crippen LogP contribution in [0.1, 0.15) is 15.9 Å². The lowest BCUT2D eigenvalue weighted by atomic mass is 10.1. The smallest absolute Gasteiger partial charge is 0.465 e. The van der Waals surface area contributed by atoms with Crippen molar-refractivity contribution in [1.29, 1.82) is 0 Å². The Labute approximate surface area is 103 Å². The highest BCUT2D eigenvalue weighted by atomic mass is 35.5. The summed E-state index contributed by atoms with van der Waals surface area (Å²) in [7, 11) is 0.989. The van der Waals surface area contributed by atoms with E-state index in [4.69, 9.17) is 11.6 Å². The van der Waals surface area contributed by atoms with Crippen LogP contribution in [0, 0.1) is 5.95 Å². The summed E-state index contributed by atoms with van der Waals surface area (Å²) < 4.78 is 57.0. The number of esters is 1. The van der Waals surface area contributed by atoms with E-state index in [1.54, 1.807) is 0 Å². The number of halogens is 5. The van der Waals surface area contributed by atoms with Crippen LogP contribution in [-0.4, -0.2) is 24.4 Å². The van der Waals surface area contributed by atoms with E-state index < -0.39 is 41.2 Å². The van der Waals surface area contributed by atoms with Crippen LogP contribution in [0.15, 0.2) is 6.07 Å². The molecule has 0 aliphatic heterocycles. The number of hydrogen-bond acceptors (Lipinski definition) is 4. The lowest BCUT2D eigenvalue weighted by Crippen LogP contribution is -2.20. The van der Waals surface area contributed by atoms with Gasteiger partial charge in [0.25, 0.3) is 0 Å². The Bertz CT molecular complexity index is 464. The van der Waals surface area contributed by atoms with Crippen LogP contribution < -0.4 is 4.74 Å². The molecule has 0 aromatic carbocycles. The second-order valence-corrected chi connectivity index (χ2v) is 3.22. The largest absolute Gasteiger partial charge is 0.574 e. The second kappa shape index (κ2) is 5.38. The molecule has 0 saturated heterocycles. The third-order valence-electron chi connectivity index (χ3n) is 1.81. The van der Waals surface area contributed by atoms with Crippen molar-refractivity contribution in [2.45, 2.75) is 12.2 Å². The Balaban J connectivity index is 3.33. The van der Waals surface area contributed by atoms with E-state index in [0.717, 1.165) is 7.11 Å². The van der Waals surface area contributed by atoms with Gasteiger partial charge in [-0.3, -0.25) is 0 Å². The van der Waals surface area contributed by atoms with Crippen molar-refractivity contribution in [3.05, 3.63) is 23.1 Å². The van der Waals surface area contributed by atoms with E-state index in [9.17, 15) is 22.4 Å². The number of aromatic nitrogens is 1. The van der Waals surface area contributed by atoms with Gasteiger partial charge in [-0.25, -0.2) is 4.79 Å². The van der Waals surface area contributed by atoms with E-state index in [-0.39, 0.29) is 0 Å². The van der Waals surface area contributed by atoms with E-state index in [1.165, 1.54) is 0 Å². The van der Waals surface area contributed by atoms with Gasteiger partial charge in [-0.15, -0.1) is 24.8 Å². The standard InChI is InChI=1S/C9H6ClF4NO3/c1-17-8(16)4-2-6(11)15-7(5(4)3-10)18-9(12,13)14/h2H,3H2,1H3. The topological polar surface area (TPSA) is 48.4 Å². The van der Waals surface area contributed by atoms with Crippen LogP contribution >= 0.6 is 11.6 Å². The molecule has 0 amide bonds. The highest BCUT2D eigenvalue weighted by Crippen LogP contribution is 2.28. The third kappa shape index (κ3) is 3.46. The van der Waals surface area contributed by atoms with Crippen molar-refractivity contribution in [3.63, 3.8) is 0 Å². The Morgan fingerprint density at radius 1 is 1.50 bits per heavy atom. The molecule has 0 fully saturated rings. The van der Waals surface area contributed by atoms with Crippen LogP contribution in [0.4, 0.5) is 17.6 Å². The van der Waals surface area contributed by atoms with Gasteiger partial charge in [0.15, 0.2) is 0 Å². The van der Waals surface area contributed by atoms with E-state index in [0.29, 0.717) is 6.07 Å². The van der Waals surface area contributed by atoms with Crippen LogP contribution in [0.25, 0.3) is 0 Å². The summed E-state index contributed by atoms with van der Waals surface area (Å²) in [5.74, 6) is -4.00. The minimum absolute atomic E-state index is 0.401. The number of methoxy groups -OCH3 is 1. The van der Waals surface area contributed by atoms with Crippen molar-refractivity contribution in [1.82, 2.24) is 4.98 Å². The first-order valence-corrected chi connectivity index (χ1v) is 4.91. The van der Waals surface area contributed by atoms with E-state index >= 15 is 0 Å². The minimum Gasteiger partial charge on any atom is -0.465 e. The second-order valence-electron chi connectivity index (χ2n) is 2.95. The van der Waals surface area contributed by atoms with Crippen LogP contribution in [-0.2, 0) is 10.6 Å². The molecule has 0 unspecified atom stereocenters. The minimum atomic E-state index is -5.07. The predicted molar refractivity (Wildman–Crippen MR) is 51.8 cm³/mol. The van der Waals surface area contributed by atoms with Gasteiger partial charge in [-0.1, -0.05) is 0 Å². The number of hydrogen-bond donors (Lipinski definition) is 0. The molecule has 0 aliphatic carbocycles. The van der Waals surface area contributed by atoms with Crippen molar-refractivity contribution < 1.29 is 31.8 Å². The Morgan fingerprint density at radius 2 is 2.11 bits per heavy atom. The van der Waals surface area contributed by atoms with Gasteiger partial charge in [-0.2, -0.15) is 9.37 Å². The molecular formula is C9H6ClF4NO3. The molecule has 0 N–H and O–H groups in total. The van der Waals surface area contributed by atoms with E-state index in [1.807, 2.05) is 0 Å². The first kappa shape index (κ1) is 14.5. The van der Waals surface area contributed by atoms with Gasteiger partial charge in [0.2, 0.25) is 11.8 Å². The molecular weight excluding hydrogens is 282 g/mol. The SMILES string of the molecule is COC(=O)c1cc(F)nc(OC(F)(F)F)c1CCl. The fourth-order valence-electron chi connectivity index (χ4n) is 1.13. The number of nitrogens with zero attached hydrogens (tertiary/aromatic N) is 1. The molecule has 9 heteroatoms. The summed E-state index contributed by atoms with van der Waals surface area (Å²) in [5, 5.41) is 0. The Hall–Kier alpha value is -1.57. The van der Waals surface area contributed by atoms with Crippen LogP contribution in [0.5, 0.6) is 5.88 Å². The number of pyridine rings is 1. The first-order chi connectivity index (χ1) is 8.28. The molecule has 0 spiro atoms. The van der Waals surface area contributed by atoms with Crippen molar-refractivity contribution >= 4 is 17.6 Å². The highest BCUT2D eigenvalue weighted by Gasteiger charge is 2.34. The summed E-state index contributed by atoms with van der Waals surface area (Å²) in [6, 6.07) is 0.618.